The molecule has 1 aliphatic carbocycles. The Balaban J connectivity index is 1.55. The van der Waals surface area contributed by atoms with E-state index < -0.39 is 0 Å². The molecule has 1 aromatic rings. The van der Waals surface area contributed by atoms with Crippen molar-refractivity contribution < 1.29 is 9.59 Å². The molecule has 1 saturated carbocycles. The number of nitrogens with one attached hydrogen (secondary N) is 2. The lowest BCUT2D eigenvalue weighted by Gasteiger charge is -2.35. The van der Waals surface area contributed by atoms with Gasteiger partial charge in [0.1, 0.15) is 0 Å². The number of hydrogen-bond donors (Lipinski definition) is 2. The normalized spacial score (nSPS) is 21.9. The number of benzene rings is 1. The second-order valence-corrected chi connectivity index (χ2v) is 8.07. The van der Waals surface area contributed by atoms with Crippen LogP contribution in [-0.2, 0) is 9.59 Å². The number of nitrogens with zero attached hydrogens (tertiary/aromatic N) is 1. The molecule has 7 heteroatoms. The predicted molar refractivity (Wildman–Crippen MR) is 105 cm³/mol. The molecule has 0 aromatic heterocycles. The fourth-order valence-electron chi connectivity index (χ4n) is 3.29. The van der Waals surface area contributed by atoms with Gasteiger partial charge in [0.15, 0.2) is 0 Å². The number of rotatable bonds is 6. The minimum absolute atomic E-state index is 0.0486. The molecule has 5 nitrogen and oxygen atoms in total. The molecule has 0 unspecified atom stereocenters. The molecule has 1 aromatic carbocycles. The van der Waals surface area contributed by atoms with Crippen molar-refractivity contribution in [2.24, 2.45) is 11.8 Å². The number of carbonyl (C=O) groups is 2. The van der Waals surface area contributed by atoms with Crippen LogP contribution in [0.5, 0.6) is 0 Å². The van der Waals surface area contributed by atoms with Crippen molar-refractivity contribution in [1.82, 2.24) is 10.2 Å². The molecule has 0 radical (unpaired) electrons. The lowest BCUT2D eigenvalue weighted by Crippen LogP contribution is -2.50. The van der Waals surface area contributed by atoms with Crippen molar-refractivity contribution in [3.05, 3.63) is 28.2 Å². The number of anilines is 1. The summed E-state index contributed by atoms with van der Waals surface area (Å²) >= 11 is 12.1. The average Bonchev–Trinajstić information content (AvgIpc) is 3.47. The predicted octanol–water partition coefficient (Wildman–Crippen LogP) is 3.56. The first-order valence-corrected chi connectivity index (χ1v) is 9.98. The van der Waals surface area contributed by atoms with Crippen molar-refractivity contribution >= 4 is 40.7 Å². The van der Waals surface area contributed by atoms with Gasteiger partial charge in [0.05, 0.1) is 27.7 Å². The largest absolute Gasteiger partial charge is 0.356 e. The summed E-state index contributed by atoms with van der Waals surface area (Å²) in [5.74, 6) is 0.596. The monoisotopic (exact) mass is 397 g/mol. The van der Waals surface area contributed by atoms with E-state index in [1.54, 1.807) is 18.2 Å². The molecule has 0 bridgehead atoms. The van der Waals surface area contributed by atoms with Gasteiger partial charge in [0.25, 0.3) is 0 Å². The summed E-state index contributed by atoms with van der Waals surface area (Å²) in [4.78, 5) is 27.1. The standard InChI is InChI=1S/C19H25Cl2N3O2/c1-12(18(25)23-16-6-2-5-15(20)17(16)21)24-9-3-4-14(11-24)19(26)22-10-13-7-8-13/h2,5-6,12-14H,3-4,7-11H2,1H3,(H,22,26)(H,23,25)/t12-,14-/m0/s1. The van der Waals surface area contributed by atoms with E-state index in [0.29, 0.717) is 28.2 Å². The van der Waals surface area contributed by atoms with Crippen molar-refractivity contribution in [1.29, 1.82) is 0 Å². The minimum Gasteiger partial charge on any atom is -0.356 e. The highest BCUT2D eigenvalue weighted by Gasteiger charge is 2.32. The highest BCUT2D eigenvalue weighted by atomic mass is 35.5. The van der Waals surface area contributed by atoms with Crippen LogP contribution in [0.15, 0.2) is 18.2 Å². The van der Waals surface area contributed by atoms with Gasteiger partial charge in [-0.25, -0.2) is 0 Å². The molecule has 3 rings (SSSR count). The van der Waals surface area contributed by atoms with Gasteiger partial charge in [0, 0.05) is 13.1 Å². The summed E-state index contributed by atoms with van der Waals surface area (Å²) in [6.45, 7) is 4.07. The molecule has 2 aliphatic rings. The molecule has 2 atom stereocenters. The summed E-state index contributed by atoms with van der Waals surface area (Å²) < 4.78 is 0. The zero-order valence-corrected chi connectivity index (χ0v) is 16.4. The smallest absolute Gasteiger partial charge is 0.241 e. The third kappa shape index (κ3) is 4.90. The zero-order chi connectivity index (χ0) is 18.7. The van der Waals surface area contributed by atoms with Gasteiger partial charge in [-0.15, -0.1) is 0 Å². The van der Waals surface area contributed by atoms with Crippen molar-refractivity contribution in [2.75, 3.05) is 25.0 Å². The van der Waals surface area contributed by atoms with E-state index in [9.17, 15) is 9.59 Å². The lowest BCUT2D eigenvalue weighted by molar-refractivity contribution is -0.129. The third-order valence-corrected chi connectivity index (χ3v) is 6.04. The summed E-state index contributed by atoms with van der Waals surface area (Å²) in [7, 11) is 0. The molecule has 1 heterocycles. The van der Waals surface area contributed by atoms with E-state index in [1.807, 2.05) is 6.92 Å². The van der Waals surface area contributed by atoms with Gasteiger partial charge < -0.3 is 10.6 Å². The molecule has 26 heavy (non-hydrogen) atoms. The number of amides is 2. The van der Waals surface area contributed by atoms with Crippen molar-refractivity contribution in [3.63, 3.8) is 0 Å². The maximum absolute atomic E-state index is 12.6. The second kappa shape index (κ2) is 8.59. The van der Waals surface area contributed by atoms with Crippen LogP contribution >= 0.6 is 23.2 Å². The Morgan fingerprint density at radius 3 is 2.77 bits per heavy atom. The van der Waals surface area contributed by atoms with E-state index in [1.165, 1.54) is 12.8 Å². The Bertz CT molecular complexity index is 679. The Labute approximate surface area is 164 Å². The number of halogens is 2. The zero-order valence-electron chi connectivity index (χ0n) is 14.9. The summed E-state index contributed by atoms with van der Waals surface area (Å²) in [6.07, 6.45) is 4.24. The fourth-order valence-corrected chi connectivity index (χ4v) is 3.63. The SMILES string of the molecule is C[C@@H](C(=O)Nc1cccc(Cl)c1Cl)N1CCC[C@H](C(=O)NCC2CC2)C1. The van der Waals surface area contributed by atoms with Crippen LogP contribution in [0.4, 0.5) is 5.69 Å². The second-order valence-electron chi connectivity index (χ2n) is 7.29. The van der Waals surface area contributed by atoms with E-state index in [4.69, 9.17) is 23.2 Å². The van der Waals surface area contributed by atoms with Crippen LogP contribution in [0.3, 0.4) is 0 Å². The Morgan fingerprint density at radius 1 is 1.27 bits per heavy atom. The summed E-state index contributed by atoms with van der Waals surface area (Å²) in [6, 6.07) is 4.81. The van der Waals surface area contributed by atoms with Gasteiger partial charge in [0.2, 0.25) is 11.8 Å². The first-order chi connectivity index (χ1) is 12.5. The highest BCUT2D eigenvalue weighted by molar-refractivity contribution is 6.44. The minimum atomic E-state index is -0.343. The molecular weight excluding hydrogens is 373 g/mol. The quantitative estimate of drug-likeness (QED) is 0.771. The molecule has 1 saturated heterocycles. The Hall–Kier alpha value is -1.30. The topological polar surface area (TPSA) is 61.4 Å². The first-order valence-electron chi connectivity index (χ1n) is 9.22. The van der Waals surface area contributed by atoms with Crippen molar-refractivity contribution in [3.8, 4) is 0 Å². The third-order valence-electron chi connectivity index (χ3n) is 5.22. The highest BCUT2D eigenvalue weighted by Crippen LogP contribution is 2.30. The average molecular weight is 398 g/mol. The van der Waals surface area contributed by atoms with Crippen LogP contribution in [0.25, 0.3) is 0 Å². The molecular formula is C19H25Cl2N3O2. The molecule has 2 N–H and O–H groups in total. The van der Waals surface area contributed by atoms with Crippen LogP contribution in [0, 0.1) is 11.8 Å². The summed E-state index contributed by atoms with van der Waals surface area (Å²) in [5.41, 5.74) is 0.506. The Morgan fingerprint density at radius 2 is 2.04 bits per heavy atom. The first kappa shape index (κ1) is 19.5. The van der Waals surface area contributed by atoms with Crippen LogP contribution < -0.4 is 10.6 Å². The van der Waals surface area contributed by atoms with Crippen LogP contribution in [-0.4, -0.2) is 42.4 Å². The van der Waals surface area contributed by atoms with Gasteiger partial charge in [-0.2, -0.15) is 0 Å². The van der Waals surface area contributed by atoms with E-state index in [-0.39, 0.29) is 23.8 Å². The van der Waals surface area contributed by atoms with Gasteiger partial charge in [-0.05, 0) is 57.2 Å². The van der Waals surface area contributed by atoms with E-state index in [0.717, 1.165) is 25.9 Å². The number of hydrogen-bond acceptors (Lipinski definition) is 3. The van der Waals surface area contributed by atoms with E-state index >= 15 is 0 Å². The molecule has 2 amide bonds. The van der Waals surface area contributed by atoms with E-state index in [2.05, 4.69) is 15.5 Å². The maximum atomic E-state index is 12.6. The van der Waals surface area contributed by atoms with Crippen LogP contribution in [0.2, 0.25) is 10.0 Å². The number of likely N-dealkylation sites (tertiary alicyclic amines) is 1. The Kier molecular flexibility index (Phi) is 6.43. The molecule has 2 fully saturated rings. The lowest BCUT2D eigenvalue weighted by atomic mass is 9.95. The van der Waals surface area contributed by atoms with Gasteiger partial charge in [-0.1, -0.05) is 29.3 Å². The number of carbonyl (C=O) groups excluding carboxylic acids is 2. The molecule has 142 valence electrons. The van der Waals surface area contributed by atoms with Gasteiger partial charge >= 0.3 is 0 Å². The maximum Gasteiger partial charge on any atom is 0.241 e. The van der Waals surface area contributed by atoms with Crippen LogP contribution in [0.1, 0.15) is 32.6 Å². The van der Waals surface area contributed by atoms with Crippen molar-refractivity contribution in [2.45, 2.75) is 38.6 Å². The summed E-state index contributed by atoms with van der Waals surface area (Å²) in [5, 5.41) is 6.64. The van der Waals surface area contributed by atoms with Gasteiger partial charge in [-0.3, -0.25) is 14.5 Å². The molecule has 1 aliphatic heterocycles. The molecule has 0 spiro atoms. The fraction of sp³-hybridized carbons (Fsp3) is 0.579. The number of piperidine rings is 1.